The van der Waals surface area contributed by atoms with Crippen LogP contribution < -0.4 is 10.6 Å². The highest BCUT2D eigenvalue weighted by atomic mass is 35.5. The number of hydrogen-bond acceptors (Lipinski definition) is 3. The molecule has 7 heteroatoms. The number of aromatic nitrogens is 1. The fraction of sp³-hybridized carbons (Fsp3) is 0.462. The van der Waals surface area contributed by atoms with E-state index < -0.39 is 0 Å². The largest absolute Gasteiger partial charge is 0.359 e. The van der Waals surface area contributed by atoms with Crippen molar-refractivity contribution in [2.75, 3.05) is 25.0 Å². The van der Waals surface area contributed by atoms with Gasteiger partial charge < -0.3 is 15.6 Å². The lowest BCUT2D eigenvalue weighted by Crippen LogP contribution is -2.22. The number of aryl methyl sites for hydroxylation is 1. The molecule has 174 valence electrons. The normalized spacial score (nSPS) is 26.7. The number of fused-ring (bicyclic) bond motifs is 2. The summed E-state index contributed by atoms with van der Waals surface area (Å²) in [7, 11) is 0. The van der Waals surface area contributed by atoms with Gasteiger partial charge >= 0.3 is 0 Å². The van der Waals surface area contributed by atoms with Crippen molar-refractivity contribution in [3.8, 4) is 0 Å². The van der Waals surface area contributed by atoms with Crippen LogP contribution in [0.1, 0.15) is 46.5 Å². The Morgan fingerprint density at radius 2 is 1.94 bits per heavy atom. The molecule has 3 atom stereocenters. The second-order valence-corrected chi connectivity index (χ2v) is 10.1. The molecular formula is C26H31ClN4O2. The third-order valence-corrected chi connectivity index (χ3v) is 7.87. The lowest BCUT2D eigenvalue weighted by atomic mass is 9.95. The van der Waals surface area contributed by atoms with Crippen LogP contribution in [0.3, 0.4) is 0 Å². The highest BCUT2D eigenvalue weighted by Crippen LogP contribution is 2.45. The Hall–Kier alpha value is -2.57. The molecular weight excluding hydrogens is 436 g/mol. The van der Waals surface area contributed by atoms with Crippen LogP contribution in [0.15, 0.2) is 18.2 Å². The number of nitrogens with one attached hydrogen (secondary N) is 3. The van der Waals surface area contributed by atoms with Crippen molar-refractivity contribution >= 4 is 41.6 Å². The van der Waals surface area contributed by atoms with Crippen LogP contribution in [-0.4, -0.2) is 41.3 Å². The lowest BCUT2D eigenvalue weighted by Gasteiger charge is -2.17. The number of carbonyl (C=O) groups excluding carboxylic acids is 2. The molecule has 2 saturated heterocycles. The second-order valence-electron chi connectivity index (χ2n) is 10.1. The minimum absolute atomic E-state index is 0. The first kappa shape index (κ1) is 22.2. The first-order valence-corrected chi connectivity index (χ1v) is 11.8. The average molecular weight is 467 g/mol. The van der Waals surface area contributed by atoms with Crippen molar-refractivity contribution in [2.24, 2.45) is 17.8 Å². The van der Waals surface area contributed by atoms with Crippen LogP contribution in [0.5, 0.6) is 0 Å². The summed E-state index contributed by atoms with van der Waals surface area (Å²) in [6, 6.07) is 6.07. The molecule has 2 amide bonds. The Kier molecular flexibility index (Phi) is 5.61. The zero-order valence-electron chi connectivity index (χ0n) is 19.2. The van der Waals surface area contributed by atoms with Gasteiger partial charge in [0.2, 0.25) is 5.91 Å². The molecule has 0 bridgehead atoms. The van der Waals surface area contributed by atoms with Gasteiger partial charge in [-0.2, -0.15) is 0 Å². The zero-order valence-corrected chi connectivity index (χ0v) is 20.0. The summed E-state index contributed by atoms with van der Waals surface area (Å²) < 4.78 is 0. The molecule has 6 nitrogen and oxygen atoms in total. The number of likely N-dealkylation sites (tertiary alicyclic amines) is 1. The quantitative estimate of drug-likeness (QED) is 0.588. The molecule has 1 aromatic heterocycles. The molecule has 0 spiro atoms. The van der Waals surface area contributed by atoms with Crippen LogP contribution in [0.25, 0.3) is 11.6 Å². The Morgan fingerprint density at radius 3 is 2.67 bits per heavy atom. The van der Waals surface area contributed by atoms with Crippen molar-refractivity contribution < 1.29 is 9.59 Å². The van der Waals surface area contributed by atoms with E-state index in [9.17, 15) is 9.59 Å². The second kappa shape index (κ2) is 8.33. The molecule has 4 heterocycles. The van der Waals surface area contributed by atoms with Gasteiger partial charge in [-0.15, -0.1) is 12.4 Å². The number of nitrogens with zero attached hydrogens (tertiary/aromatic N) is 1. The number of carbonyl (C=O) groups is 2. The van der Waals surface area contributed by atoms with Gasteiger partial charge in [0.05, 0.1) is 5.57 Å². The lowest BCUT2D eigenvalue weighted by molar-refractivity contribution is -0.122. The van der Waals surface area contributed by atoms with E-state index in [1.54, 1.807) is 0 Å². The van der Waals surface area contributed by atoms with Crippen molar-refractivity contribution in [3.05, 3.63) is 51.8 Å². The monoisotopic (exact) mass is 466 g/mol. The van der Waals surface area contributed by atoms with E-state index in [1.807, 2.05) is 18.2 Å². The number of anilines is 1. The predicted octanol–water partition coefficient (Wildman–Crippen LogP) is 3.68. The summed E-state index contributed by atoms with van der Waals surface area (Å²) in [6.45, 7) is 8.48. The van der Waals surface area contributed by atoms with E-state index in [2.05, 4.69) is 40.4 Å². The third kappa shape index (κ3) is 4.00. The maximum absolute atomic E-state index is 12.8. The predicted molar refractivity (Wildman–Crippen MR) is 132 cm³/mol. The highest BCUT2D eigenvalue weighted by Gasteiger charge is 2.45. The van der Waals surface area contributed by atoms with Crippen LogP contribution in [-0.2, 0) is 22.6 Å². The number of rotatable bonds is 5. The molecule has 0 radical (unpaired) electrons. The standard InChI is InChI=1S/C26H30N4O2.ClH/c1-14-22(13-30-11-18-9-19(18)12-30)15(2)28-24(14)10-21-20-8-16(3-4-23(20)29-26(21)32)7-17-5-6-27-25(17)31;/h3-4,8,10,17-19,28H,5-7,9,11-13H2,1-2H3,(H,27,31)(H,29,32);1H/t17?,18-,19+;. The fourth-order valence-corrected chi connectivity index (χ4v) is 5.82. The maximum atomic E-state index is 12.8. The van der Waals surface area contributed by atoms with Crippen molar-refractivity contribution in [1.29, 1.82) is 0 Å². The van der Waals surface area contributed by atoms with Gasteiger partial charge in [0.15, 0.2) is 0 Å². The molecule has 1 unspecified atom stereocenters. The molecule has 6 rings (SSSR count). The van der Waals surface area contributed by atoms with Crippen LogP contribution in [0, 0.1) is 31.6 Å². The zero-order chi connectivity index (χ0) is 22.0. The summed E-state index contributed by atoms with van der Waals surface area (Å²) in [5, 5.41) is 5.91. The summed E-state index contributed by atoms with van der Waals surface area (Å²) in [6.07, 6.45) is 5.00. The number of aromatic amines is 1. The first-order valence-electron chi connectivity index (χ1n) is 11.8. The fourth-order valence-electron chi connectivity index (χ4n) is 5.82. The highest BCUT2D eigenvalue weighted by molar-refractivity contribution is 6.34. The minimum atomic E-state index is -0.0661. The molecule has 1 aliphatic carbocycles. The summed E-state index contributed by atoms with van der Waals surface area (Å²) in [5.74, 6) is 1.95. The van der Waals surface area contributed by atoms with Gasteiger partial charge in [-0.05, 0) is 79.8 Å². The number of hydrogen-bond donors (Lipinski definition) is 3. The van der Waals surface area contributed by atoms with Gasteiger partial charge in [0, 0.05) is 54.7 Å². The van der Waals surface area contributed by atoms with Crippen LogP contribution in [0.2, 0.25) is 0 Å². The van der Waals surface area contributed by atoms with Gasteiger partial charge in [0.25, 0.3) is 5.91 Å². The maximum Gasteiger partial charge on any atom is 0.256 e. The van der Waals surface area contributed by atoms with E-state index in [0.717, 1.165) is 53.9 Å². The minimum Gasteiger partial charge on any atom is -0.359 e. The number of H-pyrrole nitrogens is 1. The Bertz CT molecular complexity index is 1160. The van der Waals surface area contributed by atoms with E-state index in [0.29, 0.717) is 12.0 Å². The molecule has 3 N–H and O–H groups in total. The molecule has 3 aliphatic heterocycles. The summed E-state index contributed by atoms with van der Waals surface area (Å²) in [5.41, 5.74) is 8.36. The van der Waals surface area contributed by atoms with Crippen molar-refractivity contribution in [2.45, 2.75) is 39.7 Å². The van der Waals surface area contributed by atoms with Crippen molar-refractivity contribution in [1.82, 2.24) is 15.2 Å². The molecule has 1 aromatic carbocycles. The number of benzene rings is 1. The van der Waals surface area contributed by atoms with E-state index in [4.69, 9.17) is 0 Å². The Labute approximate surface area is 200 Å². The average Bonchev–Trinajstić information content (AvgIpc) is 3.05. The van der Waals surface area contributed by atoms with Gasteiger partial charge in [0.1, 0.15) is 0 Å². The van der Waals surface area contributed by atoms with Gasteiger partial charge in [-0.1, -0.05) is 6.07 Å². The van der Waals surface area contributed by atoms with Gasteiger partial charge in [-0.25, -0.2) is 0 Å². The molecule has 33 heavy (non-hydrogen) atoms. The van der Waals surface area contributed by atoms with Crippen LogP contribution >= 0.6 is 12.4 Å². The van der Waals surface area contributed by atoms with Crippen LogP contribution in [0.4, 0.5) is 5.69 Å². The number of amides is 2. The number of piperidine rings is 1. The SMILES string of the molecule is Cc1[nH]c(C=C2C(=O)Nc3ccc(CC4CCNC4=O)cc32)c(C)c1CN1C[C@H]2C[C@H]2C1.Cl. The van der Waals surface area contributed by atoms with Crippen molar-refractivity contribution in [3.63, 3.8) is 0 Å². The first-order chi connectivity index (χ1) is 15.5. The molecule has 1 saturated carbocycles. The van der Waals surface area contributed by atoms with Gasteiger partial charge in [-0.3, -0.25) is 14.5 Å². The smallest absolute Gasteiger partial charge is 0.256 e. The van der Waals surface area contributed by atoms with E-state index >= 15 is 0 Å². The molecule has 3 fully saturated rings. The number of halogens is 1. The van der Waals surface area contributed by atoms with E-state index in [1.165, 1.54) is 36.3 Å². The third-order valence-electron chi connectivity index (χ3n) is 7.87. The molecule has 4 aliphatic rings. The topological polar surface area (TPSA) is 77.2 Å². The molecule has 2 aromatic rings. The Morgan fingerprint density at radius 1 is 1.15 bits per heavy atom. The summed E-state index contributed by atoms with van der Waals surface area (Å²) in [4.78, 5) is 30.9. The Balaban J connectivity index is 0.00000228. The van der Waals surface area contributed by atoms with E-state index in [-0.39, 0.29) is 30.1 Å². The summed E-state index contributed by atoms with van der Waals surface area (Å²) >= 11 is 0.